The molecule has 0 unspecified atom stereocenters. The Kier molecular flexibility index (Phi) is 8.26. The number of aryl methyl sites for hydroxylation is 3. The Morgan fingerprint density at radius 1 is 1.14 bits per heavy atom. The molecular formula is C20H25N3O5S. The van der Waals surface area contributed by atoms with Gasteiger partial charge in [-0.25, -0.2) is 0 Å². The van der Waals surface area contributed by atoms with Crippen LogP contribution in [0.5, 0.6) is 0 Å². The van der Waals surface area contributed by atoms with Crippen LogP contribution in [0, 0.1) is 27.7 Å². The number of nitrogens with zero attached hydrogens (tertiary/aromatic N) is 1. The molecule has 0 saturated carbocycles. The first kappa shape index (κ1) is 22.5. The highest BCUT2D eigenvalue weighted by Gasteiger charge is 2.13. The fraction of sp³-hybridized carbons (Fsp3) is 0.400. The maximum atomic E-state index is 12.0. The van der Waals surface area contributed by atoms with Gasteiger partial charge in [0.1, 0.15) is 5.76 Å². The van der Waals surface area contributed by atoms with E-state index in [-0.39, 0.29) is 18.2 Å². The van der Waals surface area contributed by atoms with E-state index in [1.165, 1.54) is 11.8 Å². The summed E-state index contributed by atoms with van der Waals surface area (Å²) >= 11 is 1.35. The molecule has 0 fully saturated rings. The smallest absolute Gasteiger partial charge is 0.316 e. The third-order valence-corrected chi connectivity index (χ3v) is 5.27. The van der Waals surface area contributed by atoms with Crippen LogP contribution in [0.1, 0.15) is 28.1 Å². The van der Waals surface area contributed by atoms with Crippen molar-refractivity contribution >= 4 is 35.2 Å². The summed E-state index contributed by atoms with van der Waals surface area (Å²) in [4.78, 5) is 35.5. The Balaban J connectivity index is 1.64. The van der Waals surface area contributed by atoms with Gasteiger partial charge in [-0.15, -0.1) is 11.8 Å². The van der Waals surface area contributed by atoms with Gasteiger partial charge < -0.3 is 19.9 Å². The van der Waals surface area contributed by atoms with Crippen LogP contribution >= 0.6 is 11.8 Å². The summed E-state index contributed by atoms with van der Waals surface area (Å²) in [6, 6.07) is 5.59. The standard InChI is InChI=1S/C20H25N3O5S/c1-12-6-5-7-17(13(12)2)22-18(24)8-21-19(25)9-27-20(26)11-29-10-16-14(3)23-28-15(16)4/h5-7H,8-11H2,1-4H3,(H,21,25)(H,22,24). The number of benzene rings is 1. The minimum atomic E-state index is -0.537. The molecule has 2 N–H and O–H groups in total. The summed E-state index contributed by atoms with van der Waals surface area (Å²) in [5, 5.41) is 9.03. The molecule has 0 spiro atoms. The molecule has 29 heavy (non-hydrogen) atoms. The van der Waals surface area contributed by atoms with Gasteiger partial charge in [0.25, 0.3) is 5.91 Å². The van der Waals surface area contributed by atoms with Crippen LogP contribution in [-0.4, -0.2) is 41.8 Å². The Morgan fingerprint density at radius 2 is 1.90 bits per heavy atom. The third-order valence-electron chi connectivity index (χ3n) is 4.34. The molecule has 0 radical (unpaired) electrons. The zero-order chi connectivity index (χ0) is 21.4. The molecule has 0 saturated heterocycles. The van der Waals surface area contributed by atoms with Gasteiger partial charge in [0.15, 0.2) is 6.61 Å². The molecule has 0 bridgehead atoms. The number of nitrogens with one attached hydrogen (secondary N) is 2. The largest absolute Gasteiger partial charge is 0.455 e. The number of carbonyl (C=O) groups excluding carboxylic acids is 3. The van der Waals surface area contributed by atoms with E-state index in [1.54, 1.807) is 6.07 Å². The molecule has 9 heteroatoms. The topological polar surface area (TPSA) is 111 Å². The van der Waals surface area contributed by atoms with Crippen LogP contribution in [0.4, 0.5) is 5.69 Å². The normalized spacial score (nSPS) is 10.5. The predicted molar refractivity (Wildman–Crippen MR) is 111 cm³/mol. The second kappa shape index (κ2) is 10.7. The molecule has 2 rings (SSSR count). The summed E-state index contributed by atoms with van der Waals surface area (Å²) in [7, 11) is 0. The van der Waals surface area contributed by atoms with E-state index in [0.29, 0.717) is 11.4 Å². The summed E-state index contributed by atoms with van der Waals surface area (Å²) in [5.74, 6) is 0.00284. The number of esters is 1. The van der Waals surface area contributed by atoms with Crippen molar-refractivity contribution in [2.24, 2.45) is 0 Å². The first-order chi connectivity index (χ1) is 13.8. The van der Waals surface area contributed by atoms with Gasteiger partial charge in [-0.3, -0.25) is 14.4 Å². The number of hydrogen-bond acceptors (Lipinski definition) is 7. The average molecular weight is 420 g/mol. The Morgan fingerprint density at radius 3 is 2.59 bits per heavy atom. The lowest BCUT2D eigenvalue weighted by molar-refractivity contribution is -0.146. The minimum Gasteiger partial charge on any atom is -0.455 e. The van der Waals surface area contributed by atoms with Crippen molar-refractivity contribution in [2.45, 2.75) is 33.4 Å². The number of hydrogen-bond donors (Lipinski definition) is 2. The van der Waals surface area contributed by atoms with E-state index in [1.807, 2.05) is 39.8 Å². The van der Waals surface area contributed by atoms with Crippen molar-refractivity contribution in [3.8, 4) is 0 Å². The second-order valence-electron chi connectivity index (χ2n) is 6.53. The van der Waals surface area contributed by atoms with Crippen molar-refractivity contribution in [1.29, 1.82) is 0 Å². The third kappa shape index (κ3) is 6.94. The first-order valence-corrected chi connectivity index (χ1v) is 10.2. The molecular weight excluding hydrogens is 394 g/mol. The molecule has 1 aromatic carbocycles. The van der Waals surface area contributed by atoms with Gasteiger partial charge in [0.05, 0.1) is 18.0 Å². The second-order valence-corrected chi connectivity index (χ2v) is 7.51. The fourth-order valence-corrected chi connectivity index (χ4v) is 3.41. The summed E-state index contributed by atoms with van der Waals surface area (Å²) in [5.41, 5.74) is 4.48. The fourth-order valence-electron chi connectivity index (χ4n) is 2.44. The van der Waals surface area contributed by atoms with Gasteiger partial charge in [-0.1, -0.05) is 17.3 Å². The maximum absolute atomic E-state index is 12.0. The lowest BCUT2D eigenvalue weighted by atomic mass is 10.1. The molecule has 1 heterocycles. The summed E-state index contributed by atoms with van der Waals surface area (Å²) in [6.07, 6.45) is 0. The highest BCUT2D eigenvalue weighted by molar-refractivity contribution is 7.99. The van der Waals surface area contributed by atoms with Crippen molar-refractivity contribution in [3.63, 3.8) is 0 Å². The summed E-state index contributed by atoms with van der Waals surface area (Å²) < 4.78 is 9.99. The highest BCUT2D eigenvalue weighted by Crippen LogP contribution is 2.19. The number of rotatable bonds is 9. The molecule has 0 aliphatic heterocycles. The van der Waals surface area contributed by atoms with Crippen LogP contribution < -0.4 is 10.6 Å². The van der Waals surface area contributed by atoms with E-state index < -0.39 is 18.5 Å². The minimum absolute atomic E-state index is 0.102. The maximum Gasteiger partial charge on any atom is 0.316 e. The van der Waals surface area contributed by atoms with Crippen molar-refractivity contribution in [1.82, 2.24) is 10.5 Å². The molecule has 0 aliphatic carbocycles. The Bertz CT molecular complexity index is 875. The monoisotopic (exact) mass is 419 g/mol. The van der Waals surface area contributed by atoms with E-state index in [0.717, 1.165) is 28.1 Å². The van der Waals surface area contributed by atoms with Crippen LogP contribution in [0.3, 0.4) is 0 Å². The number of ether oxygens (including phenoxy) is 1. The quantitative estimate of drug-likeness (QED) is 0.601. The molecule has 8 nitrogen and oxygen atoms in total. The molecule has 2 aromatic rings. The van der Waals surface area contributed by atoms with Crippen LogP contribution in [0.25, 0.3) is 0 Å². The predicted octanol–water partition coefficient (Wildman–Crippen LogP) is 2.44. The lowest BCUT2D eigenvalue weighted by Gasteiger charge is -2.11. The zero-order valence-corrected chi connectivity index (χ0v) is 17.8. The van der Waals surface area contributed by atoms with Gasteiger partial charge >= 0.3 is 5.97 Å². The van der Waals surface area contributed by atoms with E-state index in [4.69, 9.17) is 9.26 Å². The van der Waals surface area contributed by atoms with E-state index >= 15 is 0 Å². The van der Waals surface area contributed by atoms with Crippen molar-refractivity contribution in [2.75, 3.05) is 24.2 Å². The molecule has 2 amide bonds. The number of amides is 2. The average Bonchev–Trinajstić information content (AvgIpc) is 3.00. The first-order valence-electron chi connectivity index (χ1n) is 9.05. The molecule has 156 valence electrons. The van der Waals surface area contributed by atoms with E-state index in [2.05, 4.69) is 15.8 Å². The number of anilines is 1. The molecule has 1 aromatic heterocycles. The van der Waals surface area contributed by atoms with Crippen molar-refractivity contribution in [3.05, 3.63) is 46.3 Å². The van der Waals surface area contributed by atoms with Crippen molar-refractivity contribution < 1.29 is 23.6 Å². The van der Waals surface area contributed by atoms with Gasteiger partial charge in [-0.2, -0.15) is 0 Å². The van der Waals surface area contributed by atoms with E-state index in [9.17, 15) is 14.4 Å². The molecule has 0 atom stereocenters. The molecule has 0 aliphatic rings. The van der Waals surface area contributed by atoms with Crippen LogP contribution in [-0.2, 0) is 24.9 Å². The Hall–Kier alpha value is -2.81. The number of thioether (sulfide) groups is 1. The summed E-state index contributed by atoms with van der Waals surface area (Å²) in [6.45, 7) is 6.88. The van der Waals surface area contributed by atoms with Crippen LogP contribution in [0.2, 0.25) is 0 Å². The van der Waals surface area contributed by atoms with Gasteiger partial charge in [0, 0.05) is 17.0 Å². The van der Waals surface area contributed by atoms with Crippen LogP contribution in [0.15, 0.2) is 22.7 Å². The lowest BCUT2D eigenvalue weighted by Crippen LogP contribution is -2.35. The zero-order valence-electron chi connectivity index (χ0n) is 17.0. The highest BCUT2D eigenvalue weighted by atomic mass is 32.2. The van der Waals surface area contributed by atoms with Gasteiger partial charge in [0.2, 0.25) is 5.91 Å². The SMILES string of the molecule is Cc1cccc(NC(=O)CNC(=O)COC(=O)CSCc2c(C)noc2C)c1C. The Labute approximate surface area is 173 Å². The number of aromatic nitrogens is 1. The van der Waals surface area contributed by atoms with Gasteiger partial charge in [-0.05, 0) is 44.9 Å². The number of carbonyl (C=O) groups is 3.